The van der Waals surface area contributed by atoms with Gasteiger partial charge in [0.05, 0.1) is 10.6 Å². The van der Waals surface area contributed by atoms with Gasteiger partial charge in [-0.3, -0.25) is 14.9 Å². The lowest BCUT2D eigenvalue weighted by atomic mass is 10.1. The molecule has 0 amide bonds. The second-order valence-electron chi connectivity index (χ2n) is 4.13. The van der Waals surface area contributed by atoms with Crippen LogP contribution >= 0.6 is 0 Å². The molecule has 2 rings (SSSR count). The number of nitro groups is 1. The monoisotopic (exact) mass is 260 g/mol. The summed E-state index contributed by atoms with van der Waals surface area (Å²) in [7, 11) is 0. The van der Waals surface area contributed by atoms with Crippen molar-refractivity contribution in [2.24, 2.45) is 5.73 Å². The molecule has 98 valence electrons. The Morgan fingerprint density at radius 2 is 2.16 bits per heavy atom. The number of H-pyrrole nitrogens is 1. The molecule has 3 N–H and O–H groups in total. The summed E-state index contributed by atoms with van der Waals surface area (Å²) >= 11 is 0. The maximum Gasteiger partial charge on any atom is 0.270 e. The first-order chi connectivity index (χ1) is 8.99. The summed E-state index contributed by atoms with van der Waals surface area (Å²) in [5.74, 6) is 0. The lowest BCUT2D eigenvalue weighted by molar-refractivity contribution is -0.384. The van der Waals surface area contributed by atoms with E-state index in [4.69, 9.17) is 5.73 Å². The van der Waals surface area contributed by atoms with Crippen molar-refractivity contribution in [1.82, 2.24) is 10.2 Å². The highest BCUT2D eigenvalue weighted by Gasteiger charge is 2.11. The van der Waals surface area contributed by atoms with E-state index in [1.807, 2.05) is 0 Å². The van der Waals surface area contributed by atoms with E-state index in [1.165, 1.54) is 12.1 Å². The van der Waals surface area contributed by atoms with Crippen LogP contribution in [0.2, 0.25) is 0 Å². The molecule has 1 aromatic heterocycles. The first-order valence-corrected chi connectivity index (χ1v) is 5.59. The molecule has 1 heterocycles. The number of nitrogens with one attached hydrogen (secondary N) is 1. The van der Waals surface area contributed by atoms with Gasteiger partial charge in [-0.1, -0.05) is 12.1 Å². The zero-order valence-corrected chi connectivity index (χ0v) is 10.2. The molecule has 0 saturated carbocycles. The number of benzene rings is 1. The maximum atomic E-state index is 11.5. The summed E-state index contributed by atoms with van der Waals surface area (Å²) in [4.78, 5) is 21.7. The molecule has 0 bridgehead atoms. The Labute approximate surface area is 108 Å². The number of hydrogen-bond donors (Lipinski definition) is 2. The van der Waals surface area contributed by atoms with Crippen molar-refractivity contribution >= 4 is 5.69 Å². The highest BCUT2D eigenvalue weighted by molar-refractivity contribution is 5.62. The Balaban J connectivity index is 2.53. The third-order valence-electron chi connectivity index (χ3n) is 2.68. The van der Waals surface area contributed by atoms with Gasteiger partial charge >= 0.3 is 0 Å². The number of rotatable bonds is 3. The minimum Gasteiger partial charge on any atom is -0.324 e. The van der Waals surface area contributed by atoms with E-state index in [-0.39, 0.29) is 11.2 Å². The van der Waals surface area contributed by atoms with Crippen LogP contribution < -0.4 is 11.3 Å². The first kappa shape index (κ1) is 12.9. The molecule has 19 heavy (non-hydrogen) atoms. The van der Waals surface area contributed by atoms with Gasteiger partial charge < -0.3 is 5.73 Å². The Morgan fingerprint density at radius 3 is 2.79 bits per heavy atom. The summed E-state index contributed by atoms with van der Waals surface area (Å²) in [6.45, 7) is 1.68. The van der Waals surface area contributed by atoms with Crippen LogP contribution in [0.4, 0.5) is 5.69 Å². The van der Waals surface area contributed by atoms with E-state index in [1.54, 1.807) is 25.1 Å². The SMILES string of the molecule is CC(N)c1cc(-c2cccc([N+](=O)[O-])c2)n[nH]c1=O. The molecule has 7 nitrogen and oxygen atoms in total. The standard InChI is InChI=1S/C12H12N4O3/c1-7(13)10-6-11(14-15-12(10)17)8-3-2-4-9(5-8)16(18)19/h2-7H,13H2,1H3,(H,15,17). The minimum atomic E-state index is -0.484. The quantitative estimate of drug-likeness (QED) is 0.638. The Hall–Kier alpha value is -2.54. The van der Waals surface area contributed by atoms with Gasteiger partial charge in [0, 0.05) is 29.3 Å². The van der Waals surface area contributed by atoms with E-state index < -0.39 is 11.0 Å². The van der Waals surface area contributed by atoms with Crippen LogP contribution in [-0.2, 0) is 0 Å². The van der Waals surface area contributed by atoms with Gasteiger partial charge in [-0.25, -0.2) is 5.10 Å². The van der Waals surface area contributed by atoms with Crippen LogP contribution in [0.5, 0.6) is 0 Å². The molecule has 0 aliphatic heterocycles. The number of hydrogen-bond acceptors (Lipinski definition) is 5. The van der Waals surface area contributed by atoms with Crippen molar-refractivity contribution in [1.29, 1.82) is 0 Å². The zero-order chi connectivity index (χ0) is 14.0. The van der Waals surface area contributed by atoms with Crippen molar-refractivity contribution < 1.29 is 4.92 Å². The van der Waals surface area contributed by atoms with Crippen LogP contribution in [0.15, 0.2) is 35.1 Å². The van der Waals surface area contributed by atoms with Gasteiger partial charge in [0.2, 0.25) is 0 Å². The predicted molar refractivity (Wildman–Crippen MR) is 69.6 cm³/mol. The van der Waals surface area contributed by atoms with Crippen LogP contribution in [-0.4, -0.2) is 15.1 Å². The van der Waals surface area contributed by atoms with E-state index in [2.05, 4.69) is 10.2 Å². The van der Waals surface area contributed by atoms with Crippen molar-refractivity contribution in [2.45, 2.75) is 13.0 Å². The molecule has 2 aromatic rings. The van der Waals surface area contributed by atoms with E-state index in [0.29, 0.717) is 16.8 Å². The molecule has 0 fully saturated rings. The molecular weight excluding hydrogens is 248 g/mol. The third kappa shape index (κ3) is 2.66. The number of aromatic amines is 1. The average molecular weight is 260 g/mol. The van der Waals surface area contributed by atoms with Gasteiger partial charge in [0.25, 0.3) is 11.2 Å². The predicted octanol–water partition coefficient (Wildman–Crippen LogP) is 1.36. The van der Waals surface area contributed by atoms with Gasteiger partial charge in [0.1, 0.15) is 0 Å². The van der Waals surface area contributed by atoms with Crippen molar-refractivity contribution in [3.8, 4) is 11.3 Å². The molecule has 1 atom stereocenters. The molecular formula is C12H12N4O3. The lowest BCUT2D eigenvalue weighted by Gasteiger charge is -2.06. The van der Waals surface area contributed by atoms with Crippen molar-refractivity contribution in [2.75, 3.05) is 0 Å². The van der Waals surface area contributed by atoms with Gasteiger partial charge in [-0.05, 0) is 13.0 Å². The average Bonchev–Trinajstić information content (AvgIpc) is 2.39. The highest BCUT2D eigenvalue weighted by atomic mass is 16.6. The smallest absolute Gasteiger partial charge is 0.270 e. The number of nitrogens with zero attached hydrogens (tertiary/aromatic N) is 2. The molecule has 1 aromatic carbocycles. The molecule has 1 unspecified atom stereocenters. The normalized spacial score (nSPS) is 12.1. The van der Waals surface area contributed by atoms with Crippen LogP contribution in [0.3, 0.4) is 0 Å². The molecule has 7 heteroatoms. The molecule has 0 radical (unpaired) electrons. The zero-order valence-electron chi connectivity index (χ0n) is 10.2. The highest BCUT2D eigenvalue weighted by Crippen LogP contribution is 2.22. The summed E-state index contributed by atoms with van der Waals surface area (Å²) in [5, 5.41) is 16.9. The molecule has 0 aliphatic rings. The van der Waals surface area contributed by atoms with Crippen LogP contribution in [0, 0.1) is 10.1 Å². The van der Waals surface area contributed by atoms with Crippen molar-refractivity contribution in [3.63, 3.8) is 0 Å². The summed E-state index contributed by atoms with van der Waals surface area (Å²) in [6.07, 6.45) is 0. The Kier molecular flexibility index (Phi) is 3.39. The van der Waals surface area contributed by atoms with Gasteiger partial charge in [0.15, 0.2) is 0 Å². The van der Waals surface area contributed by atoms with Gasteiger partial charge in [-0.15, -0.1) is 0 Å². The Morgan fingerprint density at radius 1 is 1.42 bits per heavy atom. The van der Waals surface area contributed by atoms with Gasteiger partial charge in [-0.2, -0.15) is 5.10 Å². The summed E-state index contributed by atoms with van der Waals surface area (Å²) in [6, 6.07) is 7.13. The third-order valence-corrected chi connectivity index (χ3v) is 2.68. The van der Waals surface area contributed by atoms with Crippen LogP contribution in [0.25, 0.3) is 11.3 Å². The number of nitro benzene ring substituents is 1. The number of aromatic nitrogens is 2. The minimum absolute atomic E-state index is 0.0344. The second kappa shape index (κ2) is 4.99. The fraction of sp³-hybridized carbons (Fsp3) is 0.167. The van der Waals surface area contributed by atoms with E-state index in [9.17, 15) is 14.9 Å². The fourth-order valence-corrected chi connectivity index (χ4v) is 1.69. The lowest BCUT2D eigenvalue weighted by Crippen LogP contribution is -2.20. The topological polar surface area (TPSA) is 115 Å². The fourth-order valence-electron chi connectivity index (χ4n) is 1.69. The summed E-state index contributed by atoms with van der Waals surface area (Å²) in [5.41, 5.74) is 6.67. The van der Waals surface area contributed by atoms with E-state index >= 15 is 0 Å². The number of nitrogens with two attached hydrogens (primary N) is 1. The van der Waals surface area contributed by atoms with Crippen LogP contribution in [0.1, 0.15) is 18.5 Å². The van der Waals surface area contributed by atoms with E-state index in [0.717, 1.165) is 0 Å². The second-order valence-corrected chi connectivity index (χ2v) is 4.13. The maximum absolute atomic E-state index is 11.5. The molecule has 0 aliphatic carbocycles. The summed E-state index contributed by atoms with van der Waals surface area (Å²) < 4.78 is 0. The molecule has 0 spiro atoms. The Bertz CT molecular complexity index is 679. The first-order valence-electron chi connectivity index (χ1n) is 5.59. The van der Waals surface area contributed by atoms with Crippen molar-refractivity contribution in [3.05, 3.63) is 56.4 Å². The largest absolute Gasteiger partial charge is 0.324 e. The number of non-ortho nitro benzene ring substituents is 1. The molecule has 0 saturated heterocycles.